The zero-order valence-corrected chi connectivity index (χ0v) is 13.5. The zero-order chi connectivity index (χ0) is 16.8. The molecule has 1 aliphatic rings. The lowest BCUT2D eigenvalue weighted by molar-refractivity contribution is -0.147. The van der Waals surface area contributed by atoms with E-state index >= 15 is 0 Å². The highest BCUT2D eigenvalue weighted by atomic mass is 16.5. The lowest BCUT2D eigenvalue weighted by atomic mass is 10.0. The first kappa shape index (κ1) is 16.5. The maximum atomic E-state index is 12.0. The third-order valence-corrected chi connectivity index (χ3v) is 4.13. The maximum Gasteiger partial charge on any atom is 0.310 e. The smallest absolute Gasteiger partial charge is 0.310 e. The molecule has 24 heavy (non-hydrogen) atoms. The molecule has 1 aliphatic heterocycles. The summed E-state index contributed by atoms with van der Waals surface area (Å²) < 4.78 is 10.5. The van der Waals surface area contributed by atoms with Gasteiger partial charge in [-0.05, 0) is 29.2 Å². The van der Waals surface area contributed by atoms with E-state index in [0.717, 1.165) is 35.8 Å². The number of hydrogen-bond acceptors (Lipinski definition) is 4. The number of ether oxygens (including phenoxy) is 2. The Labute approximate surface area is 140 Å². The van der Waals surface area contributed by atoms with Gasteiger partial charge in [-0.15, -0.1) is 0 Å². The molecule has 0 aromatic heterocycles. The Balaban J connectivity index is 1.47. The maximum absolute atomic E-state index is 12.0. The van der Waals surface area contributed by atoms with Crippen LogP contribution in [0.4, 0.5) is 0 Å². The molecule has 5 heteroatoms. The van der Waals surface area contributed by atoms with Crippen molar-refractivity contribution < 1.29 is 19.1 Å². The molecule has 0 saturated carbocycles. The third kappa shape index (κ3) is 4.32. The van der Waals surface area contributed by atoms with Gasteiger partial charge in [0.1, 0.15) is 0 Å². The van der Waals surface area contributed by atoms with E-state index in [-0.39, 0.29) is 25.0 Å². The van der Waals surface area contributed by atoms with Gasteiger partial charge in [0.15, 0.2) is 6.61 Å². The molecule has 1 heterocycles. The minimum absolute atomic E-state index is 0.0836. The van der Waals surface area contributed by atoms with Crippen LogP contribution < -0.4 is 5.32 Å². The molecule has 0 aliphatic carbocycles. The number of rotatable bonds is 6. The summed E-state index contributed by atoms with van der Waals surface area (Å²) in [5.74, 6) is -0.699. The molecule has 2 aromatic rings. The van der Waals surface area contributed by atoms with Gasteiger partial charge in [0.2, 0.25) is 0 Å². The molecule has 5 nitrogen and oxygen atoms in total. The van der Waals surface area contributed by atoms with Gasteiger partial charge in [0.25, 0.3) is 5.91 Å². The average molecular weight is 327 g/mol. The van der Waals surface area contributed by atoms with E-state index in [1.54, 1.807) is 0 Å². The van der Waals surface area contributed by atoms with E-state index in [0.29, 0.717) is 6.54 Å². The van der Waals surface area contributed by atoms with Crippen LogP contribution in [-0.2, 0) is 25.5 Å². The second-order valence-electron chi connectivity index (χ2n) is 5.91. The molecular formula is C19H21NO4. The third-order valence-electron chi connectivity index (χ3n) is 4.13. The molecular weight excluding hydrogens is 306 g/mol. The molecule has 0 unspecified atom stereocenters. The zero-order valence-electron chi connectivity index (χ0n) is 13.5. The van der Waals surface area contributed by atoms with Gasteiger partial charge in [-0.1, -0.05) is 42.5 Å². The monoisotopic (exact) mass is 327 g/mol. The molecule has 126 valence electrons. The number of carbonyl (C=O) groups is 2. The van der Waals surface area contributed by atoms with Crippen molar-refractivity contribution in [1.82, 2.24) is 5.32 Å². The first-order chi connectivity index (χ1) is 11.7. The summed E-state index contributed by atoms with van der Waals surface area (Å²) in [6.45, 7) is 0.969. The van der Waals surface area contributed by atoms with Crippen LogP contribution in [0.1, 0.15) is 18.4 Å². The van der Waals surface area contributed by atoms with Crippen molar-refractivity contribution in [3.05, 3.63) is 48.0 Å². The molecule has 1 atom stereocenters. The number of carbonyl (C=O) groups excluding carboxylic acids is 2. The van der Waals surface area contributed by atoms with E-state index in [1.165, 1.54) is 0 Å². The highest BCUT2D eigenvalue weighted by Gasteiger charge is 2.16. The van der Waals surface area contributed by atoms with Crippen molar-refractivity contribution in [2.75, 3.05) is 19.8 Å². The van der Waals surface area contributed by atoms with Crippen LogP contribution in [0.2, 0.25) is 0 Å². The average Bonchev–Trinajstić information content (AvgIpc) is 3.12. The van der Waals surface area contributed by atoms with E-state index in [4.69, 9.17) is 9.47 Å². The summed E-state index contributed by atoms with van der Waals surface area (Å²) in [5.41, 5.74) is 0.901. The number of esters is 1. The number of amides is 1. The molecule has 1 amide bonds. The fourth-order valence-corrected chi connectivity index (χ4v) is 2.88. The quantitative estimate of drug-likeness (QED) is 0.826. The van der Waals surface area contributed by atoms with E-state index in [1.807, 2.05) is 42.5 Å². The summed E-state index contributed by atoms with van der Waals surface area (Å²) in [7, 11) is 0. The second-order valence-corrected chi connectivity index (χ2v) is 5.91. The SMILES string of the molecule is O=C(COC(=O)Cc1cccc2ccccc12)NC[C@H]1CCCO1. The fourth-order valence-electron chi connectivity index (χ4n) is 2.88. The molecule has 1 N–H and O–H groups in total. The Morgan fingerprint density at radius 1 is 1.17 bits per heavy atom. The lowest BCUT2D eigenvalue weighted by Gasteiger charge is -2.11. The van der Waals surface area contributed by atoms with Gasteiger partial charge in [-0.25, -0.2) is 0 Å². The van der Waals surface area contributed by atoms with Crippen molar-refractivity contribution in [3.63, 3.8) is 0 Å². The molecule has 0 spiro atoms. The number of fused-ring (bicyclic) bond motifs is 1. The lowest BCUT2D eigenvalue weighted by Crippen LogP contribution is -2.35. The molecule has 3 rings (SSSR count). The van der Waals surface area contributed by atoms with Crippen LogP contribution in [0.25, 0.3) is 10.8 Å². The Morgan fingerprint density at radius 2 is 2.00 bits per heavy atom. The first-order valence-corrected chi connectivity index (χ1v) is 8.23. The van der Waals surface area contributed by atoms with Crippen LogP contribution >= 0.6 is 0 Å². The van der Waals surface area contributed by atoms with Crippen molar-refractivity contribution >= 4 is 22.6 Å². The molecule has 0 radical (unpaired) electrons. The molecule has 0 bridgehead atoms. The fraction of sp³-hybridized carbons (Fsp3) is 0.368. The predicted molar refractivity (Wildman–Crippen MR) is 90.6 cm³/mol. The Bertz CT molecular complexity index is 717. The minimum Gasteiger partial charge on any atom is -0.455 e. The van der Waals surface area contributed by atoms with Crippen molar-refractivity contribution in [1.29, 1.82) is 0 Å². The Hall–Kier alpha value is -2.40. The van der Waals surface area contributed by atoms with Crippen LogP contribution in [0, 0.1) is 0 Å². The highest BCUT2D eigenvalue weighted by Crippen LogP contribution is 2.19. The summed E-state index contributed by atoms with van der Waals surface area (Å²) in [5, 5.41) is 4.84. The highest BCUT2D eigenvalue weighted by molar-refractivity contribution is 5.89. The molecule has 1 fully saturated rings. The van der Waals surface area contributed by atoms with Gasteiger partial charge in [0, 0.05) is 13.2 Å². The van der Waals surface area contributed by atoms with Crippen LogP contribution in [0.3, 0.4) is 0 Å². The van der Waals surface area contributed by atoms with E-state index in [9.17, 15) is 9.59 Å². The van der Waals surface area contributed by atoms with E-state index < -0.39 is 5.97 Å². The number of nitrogens with one attached hydrogen (secondary N) is 1. The second kappa shape index (κ2) is 7.93. The summed E-state index contributed by atoms with van der Waals surface area (Å²) in [6, 6.07) is 13.7. The van der Waals surface area contributed by atoms with Crippen LogP contribution in [0.15, 0.2) is 42.5 Å². The minimum atomic E-state index is -0.404. The predicted octanol–water partition coefficient (Wildman–Crippen LogP) is 2.22. The summed E-state index contributed by atoms with van der Waals surface area (Å²) in [4.78, 5) is 23.7. The van der Waals surface area contributed by atoms with Crippen molar-refractivity contribution in [3.8, 4) is 0 Å². The van der Waals surface area contributed by atoms with Gasteiger partial charge in [-0.3, -0.25) is 9.59 Å². The van der Waals surface area contributed by atoms with Crippen molar-refractivity contribution in [2.45, 2.75) is 25.4 Å². The van der Waals surface area contributed by atoms with Crippen molar-refractivity contribution in [2.24, 2.45) is 0 Å². The van der Waals surface area contributed by atoms with Gasteiger partial charge in [-0.2, -0.15) is 0 Å². The topological polar surface area (TPSA) is 64.6 Å². The first-order valence-electron chi connectivity index (χ1n) is 8.23. The van der Waals surface area contributed by atoms with Gasteiger partial charge < -0.3 is 14.8 Å². The van der Waals surface area contributed by atoms with Gasteiger partial charge in [0.05, 0.1) is 12.5 Å². The Kier molecular flexibility index (Phi) is 5.43. The van der Waals surface area contributed by atoms with Crippen LogP contribution in [-0.4, -0.2) is 37.7 Å². The normalized spacial score (nSPS) is 16.9. The number of hydrogen-bond donors (Lipinski definition) is 1. The van der Waals surface area contributed by atoms with Gasteiger partial charge >= 0.3 is 5.97 Å². The summed E-state index contributed by atoms with van der Waals surface area (Å²) >= 11 is 0. The Morgan fingerprint density at radius 3 is 2.83 bits per heavy atom. The standard InChI is InChI=1S/C19H21NO4/c21-18(20-12-16-8-4-10-23-16)13-24-19(22)11-15-7-3-6-14-5-1-2-9-17(14)15/h1-3,5-7,9,16H,4,8,10-13H2,(H,20,21)/t16-/m1/s1. The molecule has 2 aromatic carbocycles. The largest absolute Gasteiger partial charge is 0.455 e. The number of benzene rings is 2. The summed E-state index contributed by atoms with van der Waals surface area (Å²) in [6.07, 6.45) is 2.22. The molecule has 1 saturated heterocycles. The van der Waals surface area contributed by atoms with Crippen LogP contribution in [0.5, 0.6) is 0 Å². The van der Waals surface area contributed by atoms with E-state index in [2.05, 4.69) is 5.32 Å².